The molecule has 0 saturated heterocycles. The standard InChI is InChI=1S/C11H14O2/c1-7-8(2)13-11-5-9(6-12)3-4-10(7)11/h3-5,7-8,12H,6H2,1-2H3. The number of aliphatic hydroxyl groups is 1. The number of ether oxygens (including phenoxy) is 1. The van der Waals surface area contributed by atoms with E-state index < -0.39 is 0 Å². The van der Waals surface area contributed by atoms with Crippen molar-refractivity contribution >= 4 is 0 Å². The fraction of sp³-hybridized carbons (Fsp3) is 0.455. The zero-order valence-electron chi connectivity index (χ0n) is 7.95. The molecule has 1 aromatic carbocycles. The average Bonchev–Trinajstić information content (AvgIpc) is 2.42. The summed E-state index contributed by atoms with van der Waals surface area (Å²) in [6, 6.07) is 5.93. The summed E-state index contributed by atoms with van der Waals surface area (Å²) in [4.78, 5) is 0. The molecule has 2 nitrogen and oxygen atoms in total. The first-order valence-electron chi connectivity index (χ1n) is 4.62. The monoisotopic (exact) mass is 178 g/mol. The Bertz CT molecular complexity index is 320. The third-order valence-electron chi connectivity index (χ3n) is 2.77. The van der Waals surface area contributed by atoms with Gasteiger partial charge in [0, 0.05) is 11.5 Å². The fourth-order valence-corrected chi connectivity index (χ4v) is 1.71. The van der Waals surface area contributed by atoms with Crippen LogP contribution in [0.15, 0.2) is 18.2 Å². The van der Waals surface area contributed by atoms with Crippen molar-refractivity contribution < 1.29 is 9.84 Å². The molecule has 0 bridgehead atoms. The van der Waals surface area contributed by atoms with Gasteiger partial charge >= 0.3 is 0 Å². The molecule has 2 unspecified atom stereocenters. The van der Waals surface area contributed by atoms with Gasteiger partial charge in [0.15, 0.2) is 0 Å². The van der Waals surface area contributed by atoms with Crippen LogP contribution < -0.4 is 4.74 Å². The number of hydrogen-bond acceptors (Lipinski definition) is 2. The Kier molecular flexibility index (Phi) is 2.00. The number of aliphatic hydroxyl groups excluding tert-OH is 1. The largest absolute Gasteiger partial charge is 0.490 e. The van der Waals surface area contributed by atoms with Crippen molar-refractivity contribution in [2.45, 2.75) is 32.5 Å². The number of benzene rings is 1. The lowest BCUT2D eigenvalue weighted by Crippen LogP contribution is -2.10. The molecular weight excluding hydrogens is 164 g/mol. The smallest absolute Gasteiger partial charge is 0.123 e. The third-order valence-corrected chi connectivity index (χ3v) is 2.77. The van der Waals surface area contributed by atoms with Crippen LogP contribution in [0.1, 0.15) is 30.9 Å². The van der Waals surface area contributed by atoms with Gasteiger partial charge in [-0.25, -0.2) is 0 Å². The van der Waals surface area contributed by atoms with Crippen LogP contribution in [0.3, 0.4) is 0 Å². The molecule has 1 aliphatic heterocycles. The van der Waals surface area contributed by atoms with Gasteiger partial charge in [-0.3, -0.25) is 0 Å². The van der Waals surface area contributed by atoms with Gasteiger partial charge in [-0.1, -0.05) is 19.1 Å². The lowest BCUT2D eigenvalue weighted by molar-refractivity contribution is 0.231. The van der Waals surface area contributed by atoms with E-state index in [4.69, 9.17) is 9.84 Å². The molecule has 0 fully saturated rings. The van der Waals surface area contributed by atoms with Crippen LogP contribution in [0.4, 0.5) is 0 Å². The van der Waals surface area contributed by atoms with Gasteiger partial charge in [-0.15, -0.1) is 0 Å². The predicted molar refractivity (Wildman–Crippen MR) is 50.9 cm³/mol. The van der Waals surface area contributed by atoms with Gasteiger partial charge in [-0.2, -0.15) is 0 Å². The average molecular weight is 178 g/mol. The van der Waals surface area contributed by atoms with Gasteiger partial charge in [0.25, 0.3) is 0 Å². The van der Waals surface area contributed by atoms with Gasteiger partial charge in [0.05, 0.1) is 6.61 Å². The highest BCUT2D eigenvalue weighted by Gasteiger charge is 2.26. The van der Waals surface area contributed by atoms with Gasteiger partial charge in [-0.05, 0) is 18.6 Å². The van der Waals surface area contributed by atoms with E-state index in [0.717, 1.165) is 11.3 Å². The van der Waals surface area contributed by atoms with Crippen LogP contribution in [0, 0.1) is 0 Å². The molecule has 0 spiro atoms. The van der Waals surface area contributed by atoms with E-state index in [0.29, 0.717) is 5.92 Å². The minimum absolute atomic E-state index is 0.0827. The summed E-state index contributed by atoms with van der Waals surface area (Å²) in [5, 5.41) is 8.95. The summed E-state index contributed by atoms with van der Waals surface area (Å²) in [7, 11) is 0. The minimum Gasteiger partial charge on any atom is -0.490 e. The number of rotatable bonds is 1. The molecule has 1 aromatic rings. The molecule has 0 amide bonds. The zero-order valence-corrected chi connectivity index (χ0v) is 7.95. The molecule has 70 valence electrons. The molecule has 0 radical (unpaired) electrons. The van der Waals surface area contributed by atoms with Crippen molar-refractivity contribution in [2.75, 3.05) is 0 Å². The van der Waals surface area contributed by atoms with E-state index in [1.54, 1.807) is 0 Å². The van der Waals surface area contributed by atoms with E-state index in [1.165, 1.54) is 5.56 Å². The van der Waals surface area contributed by atoms with Crippen LogP contribution in [-0.4, -0.2) is 11.2 Å². The van der Waals surface area contributed by atoms with Crippen molar-refractivity contribution in [3.05, 3.63) is 29.3 Å². The molecule has 0 aromatic heterocycles. The maximum atomic E-state index is 8.95. The lowest BCUT2D eigenvalue weighted by atomic mass is 9.98. The van der Waals surface area contributed by atoms with Crippen LogP contribution in [0.25, 0.3) is 0 Å². The van der Waals surface area contributed by atoms with Gasteiger partial charge < -0.3 is 9.84 Å². The second-order valence-corrected chi connectivity index (χ2v) is 3.64. The van der Waals surface area contributed by atoms with Crippen molar-refractivity contribution in [2.24, 2.45) is 0 Å². The molecular formula is C11H14O2. The first-order valence-corrected chi connectivity index (χ1v) is 4.62. The topological polar surface area (TPSA) is 29.5 Å². The summed E-state index contributed by atoms with van der Waals surface area (Å²) >= 11 is 0. The molecule has 1 heterocycles. The quantitative estimate of drug-likeness (QED) is 0.713. The van der Waals surface area contributed by atoms with E-state index >= 15 is 0 Å². The Morgan fingerprint density at radius 3 is 2.85 bits per heavy atom. The Labute approximate surface area is 78.2 Å². The molecule has 2 rings (SSSR count). The Hall–Kier alpha value is -1.02. The SMILES string of the molecule is CC1Oc2cc(CO)ccc2C1C. The van der Waals surface area contributed by atoms with E-state index in [-0.39, 0.29) is 12.7 Å². The highest BCUT2D eigenvalue weighted by atomic mass is 16.5. The van der Waals surface area contributed by atoms with E-state index in [1.807, 2.05) is 12.1 Å². The maximum Gasteiger partial charge on any atom is 0.123 e. The highest BCUT2D eigenvalue weighted by molar-refractivity contribution is 5.43. The van der Waals surface area contributed by atoms with E-state index in [9.17, 15) is 0 Å². The maximum absolute atomic E-state index is 8.95. The Morgan fingerprint density at radius 1 is 1.38 bits per heavy atom. The second kappa shape index (κ2) is 3.04. The minimum atomic E-state index is 0.0827. The second-order valence-electron chi connectivity index (χ2n) is 3.64. The van der Waals surface area contributed by atoms with Crippen molar-refractivity contribution in [3.8, 4) is 5.75 Å². The Balaban J connectivity index is 2.40. The highest BCUT2D eigenvalue weighted by Crippen LogP contribution is 2.38. The zero-order chi connectivity index (χ0) is 9.42. The number of fused-ring (bicyclic) bond motifs is 1. The number of hydrogen-bond donors (Lipinski definition) is 1. The predicted octanol–water partition coefficient (Wildman–Crippen LogP) is 2.06. The van der Waals surface area contributed by atoms with Crippen LogP contribution in [-0.2, 0) is 6.61 Å². The summed E-state index contributed by atoms with van der Waals surface area (Å²) in [6.07, 6.45) is 0.254. The first-order chi connectivity index (χ1) is 6.22. The molecule has 0 aliphatic carbocycles. The van der Waals surface area contributed by atoms with E-state index in [2.05, 4.69) is 19.9 Å². The van der Waals surface area contributed by atoms with Crippen LogP contribution >= 0.6 is 0 Å². The van der Waals surface area contributed by atoms with Crippen LogP contribution in [0.2, 0.25) is 0 Å². The van der Waals surface area contributed by atoms with Crippen molar-refractivity contribution in [3.63, 3.8) is 0 Å². The fourth-order valence-electron chi connectivity index (χ4n) is 1.71. The summed E-state index contributed by atoms with van der Waals surface area (Å²) in [5.41, 5.74) is 2.17. The Morgan fingerprint density at radius 2 is 2.15 bits per heavy atom. The first kappa shape index (κ1) is 8.57. The van der Waals surface area contributed by atoms with Crippen LogP contribution in [0.5, 0.6) is 5.75 Å². The molecule has 1 aliphatic rings. The van der Waals surface area contributed by atoms with Crippen molar-refractivity contribution in [1.82, 2.24) is 0 Å². The molecule has 1 N–H and O–H groups in total. The summed E-state index contributed by atoms with van der Waals surface area (Å²) < 4.78 is 5.65. The summed E-state index contributed by atoms with van der Waals surface area (Å²) in [6.45, 7) is 4.32. The molecule has 0 saturated carbocycles. The molecule has 13 heavy (non-hydrogen) atoms. The normalized spacial score (nSPS) is 25.5. The summed E-state index contributed by atoms with van der Waals surface area (Å²) in [5.74, 6) is 1.40. The van der Waals surface area contributed by atoms with Gasteiger partial charge in [0.1, 0.15) is 11.9 Å². The third kappa shape index (κ3) is 1.31. The lowest BCUT2D eigenvalue weighted by Gasteiger charge is -2.06. The molecule has 2 atom stereocenters. The van der Waals surface area contributed by atoms with Gasteiger partial charge in [0.2, 0.25) is 0 Å². The molecule has 2 heteroatoms. The van der Waals surface area contributed by atoms with Crippen molar-refractivity contribution in [1.29, 1.82) is 0 Å².